The maximum Gasteiger partial charge on any atom is 0.303 e. The topological polar surface area (TPSA) is 53.4 Å². The second kappa shape index (κ2) is 5.85. The van der Waals surface area contributed by atoms with E-state index in [0.29, 0.717) is 6.42 Å². The van der Waals surface area contributed by atoms with Crippen LogP contribution in [-0.4, -0.2) is 29.1 Å². The summed E-state index contributed by atoms with van der Waals surface area (Å²) in [6, 6.07) is 0. The summed E-state index contributed by atoms with van der Waals surface area (Å²) in [6.45, 7) is 4.11. The third-order valence-electron chi connectivity index (χ3n) is 3.39. The zero-order valence-corrected chi connectivity index (χ0v) is 10.8. The van der Waals surface area contributed by atoms with E-state index in [1.165, 1.54) is 19.3 Å². The van der Waals surface area contributed by atoms with Gasteiger partial charge in [-0.05, 0) is 38.2 Å². The fraction of sp³-hybridized carbons (Fsp3) is 0.571. The molecule has 1 aromatic heterocycles. The standard InChI is InChI=1S/C14H19N2O2/c1-11-9-15-10-12(5-6-13(17)18)14(11)16-7-3-2-4-8-16/h10H,2-8H2,1H3,(H,17,18). The number of nitrogens with zero attached hydrogens (tertiary/aromatic N) is 2. The molecule has 1 saturated heterocycles. The molecule has 0 amide bonds. The largest absolute Gasteiger partial charge is 0.481 e. The average Bonchev–Trinajstić information content (AvgIpc) is 2.37. The molecule has 0 spiro atoms. The number of aliphatic carboxylic acids is 1. The van der Waals surface area contributed by atoms with Gasteiger partial charge in [0.15, 0.2) is 0 Å². The molecular formula is C14H19N2O2. The van der Waals surface area contributed by atoms with Crippen molar-refractivity contribution in [2.45, 2.75) is 39.0 Å². The minimum absolute atomic E-state index is 0.159. The van der Waals surface area contributed by atoms with E-state index in [2.05, 4.69) is 16.1 Å². The lowest BCUT2D eigenvalue weighted by Gasteiger charge is -2.31. The predicted molar refractivity (Wildman–Crippen MR) is 69.8 cm³/mol. The van der Waals surface area contributed by atoms with Gasteiger partial charge in [0.1, 0.15) is 0 Å². The summed E-state index contributed by atoms with van der Waals surface area (Å²) in [7, 11) is 0. The highest BCUT2D eigenvalue weighted by Gasteiger charge is 2.17. The van der Waals surface area contributed by atoms with Crippen LogP contribution in [0.4, 0.5) is 5.69 Å². The Labute approximate surface area is 108 Å². The minimum atomic E-state index is -0.759. The molecule has 1 fully saturated rings. The van der Waals surface area contributed by atoms with Crippen LogP contribution in [0.15, 0.2) is 6.20 Å². The average molecular weight is 247 g/mol. The molecule has 1 radical (unpaired) electrons. The van der Waals surface area contributed by atoms with Crippen molar-refractivity contribution in [2.75, 3.05) is 18.0 Å². The van der Waals surface area contributed by atoms with Gasteiger partial charge in [0, 0.05) is 37.0 Å². The van der Waals surface area contributed by atoms with E-state index in [1.54, 1.807) is 6.20 Å². The molecule has 1 N–H and O–H groups in total. The summed E-state index contributed by atoms with van der Waals surface area (Å²) in [5, 5.41) is 8.80. The Bertz CT molecular complexity index is 426. The molecule has 1 aromatic rings. The van der Waals surface area contributed by atoms with Gasteiger partial charge >= 0.3 is 5.97 Å². The van der Waals surface area contributed by atoms with E-state index in [0.717, 1.165) is 29.9 Å². The van der Waals surface area contributed by atoms with Crippen LogP contribution >= 0.6 is 0 Å². The Morgan fingerprint density at radius 2 is 2.17 bits per heavy atom. The van der Waals surface area contributed by atoms with Crippen LogP contribution in [0, 0.1) is 13.1 Å². The minimum Gasteiger partial charge on any atom is -0.481 e. The smallest absolute Gasteiger partial charge is 0.303 e. The molecule has 2 heterocycles. The van der Waals surface area contributed by atoms with Crippen LogP contribution < -0.4 is 4.90 Å². The van der Waals surface area contributed by atoms with Crippen molar-refractivity contribution >= 4 is 11.7 Å². The van der Waals surface area contributed by atoms with Crippen molar-refractivity contribution in [1.82, 2.24) is 4.98 Å². The van der Waals surface area contributed by atoms with E-state index in [1.807, 2.05) is 6.92 Å². The van der Waals surface area contributed by atoms with E-state index >= 15 is 0 Å². The zero-order chi connectivity index (χ0) is 13.0. The van der Waals surface area contributed by atoms with Crippen molar-refractivity contribution in [1.29, 1.82) is 0 Å². The van der Waals surface area contributed by atoms with Gasteiger partial charge in [-0.2, -0.15) is 0 Å². The highest BCUT2D eigenvalue weighted by atomic mass is 16.4. The third kappa shape index (κ3) is 3.00. The van der Waals surface area contributed by atoms with Crippen molar-refractivity contribution in [3.63, 3.8) is 0 Å². The number of hydrogen-bond donors (Lipinski definition) is 1. The van der Waals surface area contributed by atoms with E-state index in [-0.39, 0.29) is 6.42 Å². The first-order valence-corrected chi connectivity index (χ1v) is 6.51. The van der Waals surface area contributed by atoms with Crippen LogP contribution in [0.25, 0.3) is 0 Å². The Morgan fingerprint density at radius 1 is 1.44 bits per heavy atom. The maximum atomic E-state index is 10.7. The third-order valence-corrected chi connectivity index (χ3v) is 3.39. The van der Waals surface area contributed by atoms with Gasteiger partial charge in [0.2, 0.25) is 0 Å². The molecule has 97 valence electrons. The summed E-state index contributed by atoms with van der Waals surface area (Å²) in [4.78, 5) is 17.1. The van der Waals surface area contributed by atoms with Gasteiger partial charge in [-0.3, -0.25) is 9.78 Å². The van der Waals surface area contributed by atoms with Crippen molar-refractivity contribution in [3.05, 3.63) is 23.5 Å². The number of carbonyl (C=O) groups is 1. The lowest BCUT2D eigenvalue weighted by atomic mass is 10.0. The molecule has 0 saturated carbocycles. The number of anilines is 1. The number of aromatic nitrogens is 1. The Kier molecular flexibility index (Phi) is 4.18. The first-order valence-electron chi connectivity index (χ1n) is 6.51. The van der Waals surface area contributed by atoms with Crippen LogP contribution in [0.1, 0.15) is 36.8 Å². The van der Waals surface area contributed by atoms with E-state index < -0.39 is 5.97 Å². The number of carboxylic acid groups (broad SMARTS) is 1. The summed E-state index contributed by atoms with van der Waals surface area (Å²) >= 11 is 0. The van der Waals surface area contributed by atoms with Gasteiger partial charge in [0.25, 0.3) is 0 Å². The summed E-state index contributed by atoms with van der Waals surface area (Å²) in [5.74, 6) is -0.759. The van der Waals surface area contributed by atoms with Crippen LogP contribution in [-0.2, 0) is 11.2 Å². The molecule has 0 unspecified atom stereocenters. The van der Waals surface area contributed by atoms with Gasteiger partial charge < -0.3 is 10.0 Å². The lowest BCUT2D eigenvalue weighted by Crippen LogP contribution is -2.31. The Hall–Kier alpha value is -1.58. The van der Waals surface area contributed by atoms with E-state index in [9.17, 15) is 4.79 Å². The van der Waals surface area contributed by atoms with Crippen molar-refractivity contribution < 1.29 is 9.90 Å². The second-order valence-electron chi connectivity index (χ2n) is 4.81. The number of carboxylic acids is 1. The maximum absolute atomic E-state index is 10.7. The quantitative estimate of drug-likeness (QED) is 0.886. The molecule has 1 aliphatic rings. The van der Waals surface area contributed by atoms with Crippen molar-refractivity contribution in [2.24, 2.45) is 0 Å². The number of aryl methyl sites for hydroxylation is 2. The van der Waals surface area contributed by atoms with Gasteiger partial charge in [-0.1, -0.05) is 0 Å². The molecular weight excluding hydrogens is 228 g/mol. The van der Waals surface area contributed by atoms with Gasteiger partial charge in [-0.15, -0.1) is 0 Å². The molecule has 2 rings (SSSR count). The van der Waals surface area contributed by atoms with Crippen LogP contribution in [0.2, 0.25) is 0 Å². The highest BCUT2D eigenvalue weighted by molar-refractivity contribution is 5.68. The molecule has 4 heteroatoms. The molecule has 0 aromatic carbocycles. The first-order chi connectivity index (χ1) is 8.68. The van der Waals surface area contributed by atoms with Gasteiger partial charge in [0.05, 0.1) is 6.20 Å². The zero-order valence-electron chi connectivity index (χ0n) is 10.8. The van der Waals surface area contributed by atoms with Crippen LogP contribution in [0.5, 0.6) is 0 Å². The van der Waals surface area contributed by atoms with E-state index in [4.69, 9.17) is 5.11 Å². The summed E-state index contributed by atoms with van der Waals surface area (Å²) in [5.41, 5.74) is 3.22. The molecule has 0 bridgehead atoms. The fourth-order valence-corrected chi connectivity index (χ4v) is 2.54. The summed E-state index contributed by atoms with van der Waals surface area (Å²) < 4.78 is 0. The van der Waals surface area contributed by atoms with Crippen molar-refractivity contribution in [3.8, 4) is 0 Å². The van der Waals surface area contributed by atoms with Crippen LogP contribution in [0.3, 0.4) is 0 Å². The Balaban J connectivity index is 2.22. The number of pyridine rings is 1. The first kappa shape index (κ1) is 12.9. The molecule has 4 nitrogen and oxygen atoms in total. The monoisotopic (exact) mass is 247 g/mol. The highest BCUT2D eigenvalue weighted by Crippen LogP contribution is 2.27. The molecule has 0 aliphatic carbocycles. The summed E-state index contributed by atoms with van der Waals surface area (Å²) in [6.07, 6.45) is 9.16. The molecule has 0 atom stereocenters. The number of hydrogen-bond acceptors (Lipinski definition) is 3. The normalized spacial score (nSPS) is 15.7. The van der Waals surface area contributed by atoms with Gasteiger partial charge in [-0.25, -0.2) is 0 Å². The SMILES string of the molecule is Cc1[c]ncc(CCC(=O)O)c1N1CCCCC1. The Morgan fingerprint density at radius 3 is 2.83 bits per heavy atom. The lowest BCUT2D eigenvalue weighted by molar-refractivity contribution is -0.136. The number of piperidine rings is 1. The molecule has 18 heavy (non-hydrogen) atoms. The second-order valence-corrected chi connectivity index (χ2v) is 4.81. The number of rotatable bonds is 4. The fourth-order valence-electron chi connectivity index (χ4n) is 2.54. The molecule has 1 aliphatic heterocycles. The predicted octanol–water partition coefficient (Wildman–Crippen LogP) is 2.20.